The number of hydrogen-bond donors (Lipinski definition) is 0. The van der Waals surface area contributed by atoms with Crippen LogP contribution in [0.4, 0.5) is 42.9 Å². The summed E-state index contributed by atoms with van der Waals surface area (Å²) in [5.41, 5.74) is 11.5. The van der Waals surface area contributed by atoms with E-state index < -0.39 is 0 Å². The van der Waals surface area contributed by atoms with Gasteiger partial charge in [0.2, 0.25) is 0 Å². The maximum absolute atomic E-state index is 15.6. The van der Waals surface area contributed by atoms with Gasteiger partial charge >= 0.3 is 0 Å². The molecule has 65 heavy (non-hydrogen) atoms. The Hall–Kier alpha value is -8.02. The summed E-state index contributed by atoms with van der Waals surface area (Å²) < 4.78 is 33.7. The fourth-order valence-electron chi connectivity index (χ4n) is 9.89. The first-order valence-corrected chi connectivity index (χ1v) is 22.1. The maximum atomic E-state index is 15.6. The molecule has 0 fully saturated rings. The number of anilines is 6. The van der Waals surface area contributed by atoms with Crippen LogP contribution in [0.25, 0.3) is 70.8 Å². The molecule has 0 saturated carbocycles. The van der Waals surface area contributed by atoms with E-state index in [0.29, 0.717) is 11.4 Å². The summed E-state index contributed by atoms with van der Waals surface area (Å²) in [6, 6.07) is 69.6. The molecule has 0 aliphatic carbocycles. The summed E-state index contributed by atoms with van der Waals surface area (Å²) in [5.74, 6) is -0.579. The molecule has 3 nitrogen and oxygen atoms in total. The number of fused-ring (bicyclic) bond motifs is 8. The van der Waals surface area contributed by atoms with Gasteiger partial charge in [-0.15, -0.1) is 0 Å². The van der Waals surface area contributed by atoms with E-state index in [1.165, 1.54) is 39.5 Å². The number of aromatic nitrogens is 1. The van der Waals surface area contributed by atoms with Gasteiger partial charge in [-0.05, 0) is 153 Å². The fraction of sp³-hybridized carbons (Fsp3) is 0.0667. The molecule has 10 aromatic carbocycles. The van der Waals surface area contributed by atoms with Gasteiger partial charge in [-0.2, -0.15) is 0 Å². The average molecular weight is 844 g/mol. The second-order valence-electron chi connectivity index (χ2n) is 18.1. The van der Waals surface area contributed by atoms with Crippen LogP contribution in [0.5, 0.6) is 0 Å². The molecule has 0 aliphatic heterocycles. The zero-order chi connectivity index (χ0) is 44.0. The Morgan fingerprint density at radius 1 is 0.369 bits per heavy atom. The average Bonchev–Trinajstić information content (AvgIpc) is 3.82. The van der Waals surface area contributed by atoms with Crippen molar-refractivity contribution in [3.63, 3.8) is 0 Å². The van der Waals surface area contributed by atoms with Gasteiger partial charge in [0.05, 0.1) is 27.9 Å². The number of para-hydroxylation sites is 4. The smallest absolute Gasteiger partial charge is 0.147 e. The molecule has 0 saturated heterocycles. The molecule has 2 aromatic heterocycles. The van der Waals surface area contributed by atoms with Crippen molar-refractivity contribution in [1.82, 2.24) is 4.40 Å². The van der Waals surface area contributed by atoms with Crippen molar-refractivity contribution in [1.29, 1.82) is 0 Å². The van der Waals surface area contributed by atoms with E-state index in [2.05, 4.69) is 122 Å². The molecule has 12 aromatic rings. The summed E-state index contributed by atoms with van der Waals surface area (Å²) in [7, 11) is 0. The van der Waals surface area contributed by atoms with Gasteiger partial charge in [-0.25, -0.2) is 8.78 Å². The lowest BCUT2D eigenvalue weighted by atomic mass is 9.86. The van der Waals surface area contributed by atoms with E-state index in [9.17, 15) is 0 Å². The second kappa shape index (κ2) is 14.8. The van der Waals surface area contributed by atoms with Crippen molar-refractivity contribution in [3.05, 3.63) is 223 Å². The monoisotopic (exact) mass is 843 g/mol. The first-order chi connectivity index (χ1) is 31.7. The first kappa shape index (κ1) is 38.6. The van der Waals surface area contributed by atoms with E-state index in [1.54, 1.807) is 12.1 Å². The summed E-state index contributed by atoms with van der Waals surface area (Å²) in [4.78, 5) is 3.97. The van der Waals surface area contributed by atoms with Crippen molar-refractivity contribution in [2.45, 2.75) is 26.2 Å². The first-order valence-electron chi connectivity index (χ1n) is 22.1. The maximum Gasteiger partial charge on any atom is 0.147 e. The van der Waals surface area contributed by atoms with Crippen LogP contribution in [0.15, 0.2) is 206 Å². The standard InChI is InChI=1S/C60H43F2N3/c1-60(2,3)44-26-22-38(23-27-44)43-34-51-49-32-39-24-28-47(63(45-14-6-4-7-15-45)55-20-12-10-18-53(55)61)30-41(39)36-57(49)65-58-37-42-31-48(29-25-40(42)33-50(58)52(35-43)59(51)65)64(46-16-8-5-9-17-46)56-21-13-11-19-54(56)62/h4-37H,1-3H3. The van der Waals surface area contributed by atoms with Crippen molar-refractivity contribution in [2.24, 2.45) is 0 Å². The summed E-state index contributed by atoms with van der Waals surface area (Å²) in [6.07, 6.45) is 0. The quantitative estimate of drug-likeness (QED) is 0.158. The molecule has 0 atom stereocenters. The van der Waals surface area contributed by atoms with E-state index in [1.807, 2.05) is 94.7 Å². The van der Waals surface area contributed by atoms with Gasteiger partial charge < -0.3 is 14.2 Å². The zero-order valence-corrected chi connectivity index (χ0v) is 36.2. The second-order valence-corrected chi connectivity index (χ2v) is 18.1. The molecule has 0 unspecified atom stereocenters. The molecular weight excluding hydrogens is 801 g/mol. The molecule has 0 bridgehead atoms. The van der Waals surface area contributed by atoms with Gasteiger partial charge in [-0.3, -0.25) is 0 Å². The van der Waals surface area contributed by atoms with Crippen molar-refractivity contribution >= 4 is 93.8 Å². The lowest BCUT2D eigenvalue weighted by Crippen LogP contribution is -2.11. The Kier molecular flexibility index (Phi) is 8.79. The molecule has 5 heteroatoms. The predicted molar refractivity (Wildman–Crippen MR) is 270 cm³/mol. The van der Waals surface area contributed by atoms with Gasteiger partial charge in [0.15, 0.2) is 0 Å². The van der Waals surface area contributed by atoms with E-state index in [4.69, 9.17) is 0 Å². The highest BCUT2D eigenvalue weighted by molar-refractivity contribution is 6.27. The minimum atomic E-state index is -0.290. The lowest BCUT2D eigenvalue weighted by Gasteiger charge is -2.26. The van der Waals surface area contributed by atoms with Crippen LogP contribution in [0, 0.1) is 11.6 Å². The minimum absolute atomic E-state index is 0.0472. The highest BCUT2D eigenvalue weighted by atomic mass is 19.1. The molecule has 0 N–H and O–H groups in total. The molecule has 12 rings (SSSR count). The molecular formula is C60H43F2N3. The van der Waals surface area contributed by atoms with Crippen LogP contribution in [0.2, 0.25) is 0 Å². The normalized spacial score (nSPS) is 12.1. The lowest BCUT2D eigenvalue weighted by molar-refractivity contribution is 0.590. The van der Waals surface area contributed by atoms with Gasteiger partial charge in [0.1, 0.15) is 11.6 Å². The Morgan fingerprint density at radius 2 is 0.815 bits per heavy atom. The number of halogens is 2. The Balaban J connectivity index is 1.11. The highest BCUT2D eigenvalue weighted by Gasteiger charge is 2.23. The fourth-order valence-corrected chi connectivity index (χ4v) is 9.89. The SMILES string of the molecule is CC(C)(C)c1ccc(-c2cc3c4cc5ccc(N(c6ccccc6)c6ccccc6F)cc5cc4n4c5cc6cc(N(c7ccccc7)c7ccccc7F)ccc6cc5c(c2)c34)cc1. The minimum Gasteiger partial charge on any atom is -0.308 e. The number of nitrogens with zero attached hydrogens (tertiary/aromatic N) is 3. The number of hydrogen-bond acceptors (Lipinski definition) is 2. The third-order valence-electron chi connectivity index (χ3n) is 13.1. The van der Waals surface area contributed by atoms with Crippen LogP contribution in [-0.2, 0) is 5.41 Å². The van der Waals surface area contributed by atoms with Crippen LogP contribution in [0.3, 0.4) is 0 Å². The molecule has 0 aliphatic rings. The highest BCUT2D eigenvalue weighted by Crippen LogP contribution is 2.46. The summed E-state index contributed by atoms with van der Waals surface area (Å²) in [6.45, 7) is 6.75. The van der Waals surface area contributed by atoms with Crippen LogP contribution >= 0.6 is 0 Å². The predicted octanol–water partition coefficient (Wildman–Crippen LogP) is 17.3. The molecule has 312 valence electrons. The Bertz CT molecular complexity index is 3560. The Morgan fingerprint density at radius 3 is 1.26 bits per heavy atom. The van der Waals surface area contributed by atoms with Gasteiger partial charge in [0, 0.05) is 44.3 Å². The van der Waals surface area contributed by atoms with E-state index in [0.717, 1.165) is 71.7 Å². The molecule has 0 spiro atoms. The molecule has 0 amide bonds. The molecule has 2 heterocycles. The summed E-state index contributed by atoms with van der Waals surface area (Å²) >= 11 is 0. The third-order valence-corrected chi connectivity index (χ3v) is 13.1. The molecule has 0 radical (unpaired) electrons. The topological polar surface area (TPSA) is 10.9 Å². The van der Waals surface area contributed by atoms with Crippen LogP contribution in [0.1, 0.15) is 26.3 Å². The zero-order valence-electron chi connectivity index (χ0n) is 36.2. The van der Waals surface area contributed by atoms with Crippen molar-refractivity contribution in [3.8, 4) is 11.1 Å². The Labute approximate surface area is 376 Å². The van der Waals surface area contributed by atoms with Crippen molar-refractivity contribution < 1.29 is 8.78 Å². The number of benzene rings is 10. The summed E-state index contributed by atoms with van der Waals surface area (Å²) in [5, 5.41) is 8.99. The van der Waals surface area contributed by atoms with E-state index >= 15 is 8.78 Å². The van der Waals surface area contributed by atoms with Crippen LogP contribution in [-0.4, -0.2) is 4.40 Å². The number of rotatable bonds is 7. The largest absolute Gasteiger partial charge is 0.308 e. The van der Waals surface area contributed by atoms with E-state index in [-0.39, 0.29) is 17.0 Å². The van der Waals surface area contributed by atoms with Crippen LogP contribution < -0.4 is 9.80 Å². The third kappa shape index (κ3) is 6.37. The van der Waals surface area contributed by atoms with Gasteiger partial charge in [0.25, 0.3) is 0 Å². The van der Waals surface area contributed by atoms with Crippen molar-refractivity contribution in [2.75, 3.05) is 9.80 Å². The van der Waals surface area contributed by atoms with Gasteiger partial charge in [-0.1, -0.05) is 118 Å².